The van der Waals surface area contributed by atoms with Gasteiger partial charge in [0.25, 0.3) is 0 Å². The molecular formula is C21H28IN3O3. The molecule has 1 aliphatic rings. The maximum atomic E-state index is 10.3. The maximum Gasteiger partial charge on any atom is 0.191 e. The summed E-state index contributed by atoms with van der Waals surface area (Å²) >= 11 is 0. The van der Waals surface area contributed by atoms with Crippen LogP contribution in [0.1, 0.15) is 25.0 Å². The van der Waals surface area contributed by atoms with Crippen LogP contribution in [-0.4, -0.2) is 43.4 Å². The van der Waals surface area contributed by atoms with Gasteiger partial charge in [0.05, 0.1) is 12.6 Å². The largest absolute Gasteiger partial charge is 0.486 e. The molecule has 0 amide bonds. The number of nitrogens with zero attached hydrogens (tertiary/aromatic N) is 1. The lowest BCUT2D eigenvalue weighted by Gasteiger charge is -2.25. The zero-order valence-electron chi connectivity index (χ0n) is 16.0. The number of halogens is 1. The molecule has 2 aromatic carbocycles. The van der Waals surface area contributed by atoms with Crippen molar-refractivity contribution in [1.82, 2.24) is 10.6 Å². The Bertz CT molecular complexity index is 743. The first-order valence-corrected chi connectivity index (χ1v) is 9.40. The predicted molar refractivity (Wildman–Crippen MR) is 122 cm³/mol. The topological polar surface area (TPSA) is 75.1 Å². The van der Waals surface area contributed by atoms with Crippen molar-refractivity contribution in [2.75, 3.05) is 26.2 Å². The Morgan fingerprint density at radius 3 is 2.57 bits per heavy atom. The molecular weight excluding hydrogens is 469 g/mol. The fraction of sp³-hybridized carbons (Fsp3) is 0.381. The minimum atomic E-state index is -0.492. The van der Waals surface area contributed by atoms with Gasteiger partial charge in [0.15, 0.2) is 23.6 Å². The number of nitrogens with one attached hydrogen (secondary N) is 2. The van der Waals surface area contributed by atoms with Gasteiger partial charge in [-0.2, -0.15) is 0 Å². The van der Waals surface area contributed by atoms with Gasteiger partial charge < -0.3 is 25.2 Å². The zero-order valence-corrected chi connectivity index (χ0v) is 18.3. The van der Waals surface area contributed by atoms with Crippen LogP contribution in [0.5, 0.6) is 11.5 Å². The highest BCUT2D eigenvalue weighted by molar-refractivity contribution is 14.0. The third-order valence-electron chi connectivity index (χ3n) is 4.26. The number of benzene rings is 2. The molecule has 2 atom stereocenters. The van der Waals surface area contributed by atoms with E-state index >= 15 is 0 Å². The highest BCUT2D eigenvalue weighted by atomic mass is 127. The zero-order chi connectivity index (χ0) is 18.9. The molecule has 6 nitrogen and oxygen atoms in total. The third kappa shape index (κ3) is 6.56. The van der Waals surface area contributed by atoms with Crippen LogP contribution in [0.15, 0.2) is 59.6 Å². The highest BCUT2D eigenvalue weighted by Gasteiger charge is 2.20. The Hall–Kier alpha value is -2.00. The van der Waals surface area contributed by atoms with Crippen LogP contribution in [0.2, 0.25) is 0 Å². The number of rotatable bonds is 7. The second-order valence-corrected chi connectivity index (χ2v) is 6.36. The first kappa shape index (κ1) is 22.3. The number of para-hydroxylation sites is 2. The number of aliphatic hydroxyl groups is 1. The quantitative estimate of drug-likeness (QED) is 0.312. The molecule has 0 radical (unpaired) electrons. The Morgan fingerprint density at radius 1 is 1.11 bits per heavy atom. The van der Waals surface area contributed by atoms with Crippen molar-refractivity contribution in [2.24, 2.45) is 4.99 Å². The summed E-state index contributed by atoms with van der Waals surface area (Å²) in [4.78, 5) is 4.59. The van der Waals surface area contributed by atoms with Gasteiger partial charge in [-0.1, -0.05) is 42.5 Å². The number of aliphatic hydroxyl groups excluding tert-OH is 1. The van der Waals surface area contributed by atoms with Crippen molar-refractivity contribution in [3.05, 3.63) is 60.2 Å². The second-order valence-electron chi connectivity index (χ2n) is 6.36. The van der Waals surface area contributed by atoms with Gasteiger partial charge in [-0.05, 0) is 31.0 Å². The van der Waals surface area contributed by atoms with Crippen LogP contribution >= 0.6 is 24.0 Å². The van der Waals surface area contributed by atoms with E-state index in [4.69, 9.17) is 9.47 Å². The van der Waals surface area contributed by atoms with E-state index in [9.17, 15) is 5.11 Å². The van der Waals surface area contributed by atoms with Gasteiger partial charge in [0.2, 0.25) is 0 Å². The second kappa shape index (κ2) is 11.8. The van der Waals surface area contributed by atoms with Gasteiger partial charge in [0, 0.05) is 13.1 Å². The van der Waals surface area contributed by atoms with Crippen molar-refractivity contribution in [1.29, 1.82) is 0 Å². The van der Waals surface area contributed by atoms with Gasteiger partial charge in [-0.15, -0.1) is 24.0 Å². The fourth-order valence-corrected chi connectivity index (χ4v) is 2.86. The average molecular weight is 497 g/mol. The average Bonchev–Trinajstić information content (AvgIpc) is 2.72. The SMILES string of the molecule is CCNC(=NCC1COc2ccccc2O1)NCCC(O)c1ccccc1.I. The Labute approximate surface area is 183 Å². The van der Waals surface area contributed by atoms with E-state index in [-0.39, 0.29) is 30.1 Å². The van der Waals surface area contributed by atoms with E-state index < -0.39 is 6.10 Å². The summed E-state index contributed by atoms with van der Waals surface area (Å²) in [5, 5.41) is 16.7. The molecule has 0 spiro atoms. The smallest absolute Gasteiger partial charge is 0.191 e. The number of hydrogen-bond acceptors (Lipinski definition) is 4. The van der Waals surface area contributed by atoms with Gasteiger partial charge in [-0.3, -0.25) is 0 Å². The highest BCUT2D eigenvalue weighted by Crippen LogP contribution is 2.30. The predicted octanol–water partition coefficient (Wildman–Crippen LogP) is 3.12. The van der Waals surface area contributed by atoms with Crippen molar-refractivity contribution in [3.8, 4) is 11.5 Å². The summed E-state index contributed by atoms with van der Waals surface area (Å²) in [7, 11) is 0. The summed E-state index contributed by atoms with van der Waals surface area (Å²) in [5.41, 5.74) is 0.924. The number of guanidine groups is 1. The summed E-state index contributed by atoms with van der Waals surface area (Å²) in [6, 6.07) is 17.3. The Morgan fingerprint density at radius 2 is 1.82 bits per heavy atom. The van der Waals surface area contributed by atoms with Crippen LogP contribution in [0.4, 0.5) is 0 Å². The first-order valence-electron chi connectivity index (χ1n) is 9.40. The van der Waals surface area contributed by atoms with Crippen LogP contribution in [0.25, 0.3) is 0 Å². The van der Waals surface area contributed by atoms with Gasteiger partial charge in [-0.25, -0.2) is 4.99 Å². The standard InChI is InChI=1S/C21H27N3O3.HI/c1-2-22-21(23-13-12-18(25)16-8-4-3-5-9-16)24-14-17-15-26-19-10-6-7-11-20(19)27-17;/h3-11,17-18,25H,2,12-15H2,1H3,(H2,22,23,24);1H. The van der Waals surface area contributed by atoms with E-state index in [0.717, 1.165) is 23.6 Å². The molecule has 0 saturated heterocycles. The van der Waals surface area contributed by atoms with Crippen molar-refractivity contribution in [3.63, 3.8) is 0 Å². The van der Waals surface area contributed by atoms with E-state index in [1.165, 1.54) is 0 Å². The number of fused-ring (bicyclic) bond motifs is 1. The van der Waals surface area contributed by atoms with Gasteiger partial charge >= 0.3 is 0 Å². The van der Waals surface area contributed by atoms with Crippen LogP contribution in [0, 0.1) is 0 Å². The molecule has 0 saturated carbocycles. The van der Waals surface area contributed by atoms with E-state index in [0.29, 0.717) is 32.1 Å². The third-order valence-corrected chi connectivity index (χ3v) is 4.26. The molecule has 0 aromatic heterocycles. The Balaban J connectivity index is 0.00000280. The normalized spacial score (nSPS) is 16.6. The molecule has 7 heteroatoms. The lowest BCUT2D eigenvalue weighted by molar-refractivity contribution is 0.0971. The van der Waals surface area contributed by atoms with Gasteiger partial charge in [0.1, 0.15) is 6.61 Å². The molecule has 1 aliphatic heterocycles. The van der Waals surface area contributed by atoms with Crippen molar-refractivity contribution < 1.29 is 14.6 Å². The van der Waals surface area contributed by atoms with Crippen LogP contribution in [0.3, 0.4) is 0 Å². The van der Waals surface area contributed by atoms with E-state index in [1.54, 1.807) is 0 Å². The molecule has 3 N–H and O–H groups in total. The maximum absolute atomic E-state index is 10.3. The van der Waals surface area contributed by atoms with Crippen LogP contribution in [-0.2, 0) is 0 Å². The lowest BCUT2D eigenvalue weighted by Crippen LogP contribution is -2.40. The van der Waals surface area contributed by atoms with Crippen LogP contribution < -0.4 is 20.1 Å². The van der Waals surface area contributed by atoms with E-state index in [2.05, 4.69) is 15.6 Å². The number of aliphatic imine (C=N–C) groups is 1. The summed E-state index contributed by atoms with van der Waals surface area (Å²) in [6.45, 7) is 4.37. The molecule has 2 aromatic rings. The number of hydrogen-bond donors (Lipinski definition) is 3. The number of ether oxygens (including phenoxy) is 2. The summed E-state index contributed by atoms with van der Waals surface area (Å²) in [5.74, 6) is 2.24. The first-order chi connectivity index (χ1) is 13.3. The molecule has 0 fully saturated rings. The minimum Gasteiger partial charge on any atom is -0.486 e. The lowest BCUT2D eigenvalue weighted by atomic mass is 10.1. The summed E-state index contributed by atoms with van der Waals surface area (Å²) in [6.07, 6.45) is -0.0105. The Kier molecular flexibility index (Phi) is 9.36. The van der Waals surface area contributed by atoms with Crippen molar-refractivity contribution >= 4 is 29.9 Å². The molecule has 28 heavy (non-hydrogen) atoms. The molecule has 152 valence electrons. The monoisotopic (exact) mass is 497 g/mol. The molecule has 2 unspecified atom stereocenters. The van der Waals surface area contributed by atoms with E-state index in [1.807, 2.05) is 61.5 Å². The molecule has 0 bridgehead atoms. The molecule has 1 heterocycles. The molecule has 0 aliphatic carbocycles. The van der Waals surface area contributed by atoms with Crippen molar-refractivity contribution in [2.45, 2.75) is 25.6 Å². The summed E-state index contributed by atoms with van der Waals surface area (Å²) < 4.78 is 11.7. The minimum absolute atomic E-state index is 0. The molecule has 3 rings (SSSR count). The fourth-order valence-electron chi connectivity index (χ4n) is 2.86.